The van der Waals surface area contributed by atoms with E-state index in [2.05, 4.69) is 0 Å². The SMILES string of the molecule is O=C(NCc1cccc([NH+]([O-])[O-])c1)C(F)(F)F. The molecular formula is C9H8F3N2O3-. The molecule has 94 valence electrons. The molecule has 8 heteroatoms. The highest BCUT2D eigenvalue weighted by Gasteiger charge is 2.38. The van der Waals surface area contributed by atoms with Crippen LogP contribution in [0.5, 0.6) is 0 Å². The Labute approximate surface area is 94.0 Å². The molecule has 5 nitrogen and oxygen atoms in total. The maximum absolute atomic E-state index is 11.8. The number of rotatable bonds is 3. The summed E-state index contributed by atoms with van der Waals surface area (Å²) in [4.78, 5) is 10.5. The van der Waals surface area contributed by atoms with Crippen LogP contribution in [0, 0.1) is 10.4 Å². The van der Waals surface area contributed by atoms with Crippen molar-refractivity contribution in [2.24, 2.45) is 0 Å². The molecule has 1 amide bonds. The van der Waals surface area contributed by atoms with E-state index in [-0.39, 0.29) is 11.3 Å². The highest BCUT2D eigenvalue weighted by atomic mass is 19.4. The molecule has 0 aliphatic heterocycles. The van der Waals surface area contributed by atoms with Crippen LogP contribution in [0.1, 0.15) is 5.56 Å². The number of hydrogen-bond acceptors (Lipinski definition) is 3. The molecule has 0 spiro atoms. The Kier molecular flexibility index (Phi) is 4.05. The summed E-state index contributed by atoms with van der Waals surface area (Å²) in [6.07, 6.45) is -4.95. The maximum Gasteiger partial charge on any atom is 0.471 e. The van der Waals surface area contributed by atoms with Crippen LogP contribution in [0.15, 0.2) is 24.3 Å². The van der Waals surface area contributed by atoms with Crippen molar-refractivity contribution in [2.45, 2.75) is 12.7 Å². The summed E-state index contributed by atoms with van der Waals surface area (Å²) in [6.45, 7) is -0.403. The number of amides is 1. The zero-order valence-electron chi connectivity index (χ0n) is 8.38. The second kappa shape index (κ2) is 5.13. The lowest BCUT2D eigenvalue weighted by atomic mass is 10.2. The number of alkyl halides is 3. The summed E-state index contributed by atoms with van der Waals surface area (Å²) >= 11 is 0. The van der Waals surface area contributed by atoms with E-state index in [1.54, 1.807) is 5.32 Å². The molecule has 0 aliphatic rings. The van der Waals surface area contributed by atoms with Crippen LogP contribution in [0.4, 0.5) is 18.9 Å². The molecule has 0 unspecified atom stereocenters. The van der Waals surface area contributed by atoms with Gasteiger partial charge in [0.2, 0.25) is 0 Å². The van der Waals surface area contributed by atoms with E-state index < -0.39 is 23.9 Å². The van der Waals surface area contributed by atoms with Gasteiger partial charge in [0, 0.05) is 12.6 Å². The van der Waals surface area contributed by atoms with Gasteiger partial charge < -0.3 is 21.0 Å². The molecule has 2 N–H and O–H groups in total. The number of halogens is 3. The first-order chi connectivity index (χ1) is 7.80. The Morgan fingerprint density at radius 1 is 1.35 bits per heavy atom. The summed E-state index contributed by atoms with van der Waals surface area (Å²) in [5, 5.41) is 21.1. The summed E-state index contributed by atoms with van der Waals surface area (Å²) in [7, 11) is 0. The molecule has 0 aliphatic carbocycles. The van der Waals surface area contributed by atoms with E-state index in [1.165, 1.54) is 18.2 Å². The van der Waals surface area contributed by atoms with Crippen LogP contribution in [0.25, 0.3) is 0 Å². The maximum atomic E-state index is 11.8. The third kappa shape index (κ3) is 4.02. The zero-order valence-corrected chi connectivity index (χ0v) is 8.38. The molecule has 0 saturated carbocycles. The Morgan fingerprint density at radius 3 is 2.53 bits per heavy atom. The summed E-state index contributed by atoms with van der Waals surface area (Å²) in [5.41, 5.74) is 0.0769. The largest absolute Gasteiger partial charge is 0.628 e. The first-order valence-electron chi connectivity index (χ1n) is 4.46. The molecule has 0 fully saturated rings. The van der Waals surface area contributed by atoms with E-state index in [1.807, 2.05) is 0 Å². The van der Waals surface area contributed by atoms with Crippen LogP contribution < -0.4 is 10.5 Å². The van der Waals surface area contributed by atoms with Crippen LogP contribution in [0.2, 0.25) is 0 Å². The fourth-order valence-electron chi connectivity index (χ4n) is 1.09. The Morgan fingerprint density at radius 2 is 2.00 bits per heavy atom. The van der Waals surface area contributed by atoms with Crippen molar-refractivity contribution in [2.75, 3.05) is 0 Å². The van der Waals surface area contributed by atoms with Gasteiger partial charge in [0.25, 0.3) is 0 Å². The third-order valence-electron chi connectivity index (χ3n) is 1.87. The first-order valence-corrected chi connectivity index (χ1v) is 4.46. The first kappa shape index (κ1) is 13.4. The number of carbonyl (C=O) groups is 1. The minimum atomic E-state index is -4.95. The Hall–Kier alpha value is -1.64. The van der Waals surface area contributed by atoms with E-state index in [4.69, 9.17) is 0 Å². The van der Waals surface area contributed by atoms with Gasteiger partial charge in [-0.2, -0.15) is 13.2 Å². The third-order valence-corrected chi connectivity index (χ3v) is 1.87. The normalized spacial score (nSPS) is 11.6. The number of nitrogens with one attached hydrogen (secondary N) is 2. The van der Waals surface area contributed by atoms with E-state index in [0.29, 0.717) is 0 Å². The Balaban J connectivity index is 2.64. The second-order valence-electron chi connectivity index (χ2n) is 3.17. The summed E-state index contributed by atoms with van der Waals surface area (Å²) < 4.78 is 35.5. The van der Waals surface area contributed by atoms with Crippen molar-refractivity contribution in [3.8, 4) is 0 Å². The van der Waals surface area contributed by atoms with Crippen LogP contribution in [-0.4, -0.2) is 12.1 Å². The number of benzene rings is 1. The molecule has 0 radical (unpaired) electrons. The van der Waals surface area contributed by atoms with Gasteiger partial charge in [0.05, 0.1) is 0 Å². The fourth-order valence-corrected chi connectivity index (χ4v) is 1.09. The standard InChI is InChI=1S/C9H8F3N2O3/c10-9(11,12)8(15)13-5-6-2-1-3-7(4-6)14(16)17/h1-4,14H,5H2,(H,13,15)/q-1. The molecule has 0 heterocycles. The summed E-state index contributed by atoms with van der Waals surface area (Å²) in [6, 6.07) is 5.11. The lowest BCUT2D eigenvalue weighted by Crippen LogP contribution is -2.96. The van der Waals surface area contributed by atoms with Gasteiger partial charge >= 0.3 is 12.1 Å². The quantitative estimate of drug-likeness (QED) is 0.760. The number of quaternary nitrogens is 1. The van der Waals surface area contributed by atoms with Crippen molar-refractivity contribution >= 4 is 11.6 Å². The molecular weight excluding hydrogens is 241 g/mol. The molecule has 0 bridgehead atoms. The predicted molar refractivity (Wildman–Crippen MR) is 51.7 cm³/mol. The van der Waals surface area contributed by atoms with Crippen molar-refractivity contribution in [1.29, 1.82) is 0 Å². The van der Waals surface area contributed by atoms with Gasteiger partial charge in [-0.15, -0.1) is 0 Å². The molecule has 0 aromatic heterocycles. The minimum absolute atomic E-state index is 0.163. The van der Waals surface area contributed by atoms with Crippen LogP contribution in [0.3, 0.4) is 0 Å². The Bertz CT molecular complexity index is 407. The van der Waals surface area contributed by atoms with Crippen molar-refractivity contribution in [3.05, 3.63) is 40.2 Å². The van der Waals surface area contributed by atoms with Gasteiger partial charge in [-0.1, -0.05) is 12.1 Å². The molecule has 1 rings (SSSR count). The average Bonchev–Trinajstić information content (AvgIpc) is 2.25. The van der Waals surface area contributed by atoms with Crippen molar-refractivity contribution < 1.29 is 23.2 Å². The van der Waals surface area contributed by atoms with Gasteiger partial charge in [0.15, 0.2) is 0 Å². The van der Waals surface area contributed by atoms with Crippen LogP contribution >= 0.6 is 0 Å². The molecule has 1 aromatic carbocycles. The topological polar surface area (TPSA) is 79.7 Å². The second-order valence-corrected chi connectivity index (χ2v) is 3.17. The van der Waals surface area contributed by atoms with Gasteiger partial charge in [-0.3, -0.25) is 4.79 Å². The van der Waals surface area contributed by atoms with Crippen molar-refractivity contribution in [3.63, 3.8) is 0 Å². The molecule has 17 heavy (non-hydrogen) atoms. The highest BCUT2D eigenvalue weighted by molar-refractivity contribution is 5.81. The average molecular weight is 249 g/mol. The van der Waals surface area contributed by atoms with Gasteiger partial charge in [0.1, 0.15) is 5.69 Å². The molecule has 0 atom stereocenters. The van der Waals surface area contributed by atoms with E-state index in [9.17, 15) is 28.4 Å². The zero-order chi connectivity index (χ0) is 13.1. The molecule has 1 aromatic rings. The number of hydrogen-bond donors (Lipinski definition) is 2. The lowest BCUT2D eigenvalue weighted by molar-refractivity contribution is -0.715. The van der Waals surface area contributed by atoms with Gasteiger partial charge in [-0.05, 0) is 11.6 Å². The van der Waals surface area contributed by atoms with Gasteiger partial charge in [-0.25, -0.2) is 0 Å². The summed E-state index contributed by atoms with van der Waals surface area (Å²) in [5.74, 6) is -2.07. The fraction of sp³-hybridized carbons (Fsp3) is 0.222. The molecule has 0 saturated heterocycles. The van der Waals surface area contributed by atoms with Crippen LogP contribution in [-0.2, 0) is 11.3 Å². The monoisotopic (exact) mass is 249 g/mol. The van der Waals surface area contributed by atoms with E-state index >= 15 is 0 Å². The highest BCUT2D eigenvalue weighted by Crippen LogP contribution is 2.14. The predicted octanol–water partition coefficient (Wildman–Crippen LogP) is 0.377. The smallest absolute Gasteiger partial charge is 0.471 e. The number of carbonyl (C=O) groups excluding carboxylic acids is 1. The lowest BCUT2D eigenvalue weighted by Gasteiger charge is -2.24. The van der Waals surface area contributed by atoms with E-state index in [0.717, 1.165) is 6.07 Å². The minimum Gasteiger partial charge on any atom is -0.628 e. The van der Waals surface area contributed by atoms with Crippen molar-refractivity contribution in [1.82, 2.24) is 5.32 Å².